The Labute approximate surface area is 152 Å². The predicted octanol–water partition coefficient (Wildman–Crippen LogP) is 3.88. The van der Waals surface area contributed by atoms with E-state index in [-0.39, 0.29) is 17.9 Å². The van der Waals surface area contributed by atoms with E-state index in [0.717, 1.165) is 12.8 Å². The molecule has 0 aromatic rings. The van der Waals surface area contributed by atoms with Crippen LogP contribution in [-0.4, -0.2) is 39.2 Å². The average Bonchev–Trinajstić information content (AvgIpc) is 3.31. The monoisotopic (exact) mass is 366 g/mol. The smallest absolute Gasteiger partial charge is 0.320 e. The molecule has 2 aliphatic carbocycles. The van der Waals surface area contributed by atoms with Crippen LogP contribution in [0.5, 0.6) is 0 Å². The van der Waals surface area contributed by atoms with Crippen molar-refractivity contribution in [3.05, 3.63) is 24.3 Å². The fraction of sp³-hybridized carbons (Fsp3) is 0.684. The Bertz CT molecular complexity index is 648. The molecular formula is C19H24ClFN2O2. The zero-order chi connectivity index (χ0) is 18.4. The first kappa shape index (κ1) is 18.4. The van der Waals surface area contributed by atoms with Crippen molar-refractivity contribution in [1.29, 1.82) is 5.26 Å². The lowest BCUT2D eigenvalue weighted by molar-refractivity contribution is -0.144. The Morgan fingerprint density at radius 2 is 2.16 bits per heavy atom. The third-order valence-corrected chi connectivity index (χ3v) is 6.34. The highest BCUT2D eigenvalue weighted by Gasteiger charge is 2.54. The molecule has 5 atom stereocenters. The van der Waals surface area contributed by atoms with Gasteiger partial charge in [-0.1, -0.05) is 43.7 Å². The number of carbonyl (C=O) groups is 1. The summed E-state index contributed by atoms with van der Waals surface area (Å²) in [6.07, 6.45) is 9.27. The number of rotatable bonds is 5. The molecule has 0 bridgehead atoms. The van der Waals surface area contributed by atoms with Gasteiger partial charge in [0.25, 0.3) is 0 Å². The summed E-state index contributed by atoms with van der Waals surface area (Å²) in [5.74, 6) is -0.876. The topological polar surface area (TPSA) is 64.3 Å². The molecule has 0 amide bonds. The van der Waals surface area contributed by atoms with Gasteiger partial charge in [0.05, 0.1) is 18.0 Å². The molecule has 136 valence electrons. The zero-order valence-corrected chi connectivity index (χ0v) is 15.3. The summed E-state index contributed by atoms with van der Waals surface area (Å²) < 4.78 is 14.9. The average molecular weight is 367 g/mol. The number of carboxylic acids is 1. The highest BCUT2D eigenvalue weighted by molar-refractivity contribution is 6.25. The highest BCUT2D eigenvalue weighted by Crippen LogP contribution is 2.51. The Kier molecular flexibility index (Phi) is 4.72. The first-order valence-electron chi connectivity index (χ1n) is 8.81. The lowest BCUT2D eigenvalue weighted by Gasteiger charge is -2.42. The van der Waals surface area contributed by atoms with Crippen LogP contribution in [0.1, 0.15) is 39.5 Å². The number of likely N-dealkylation sites (tertiary alicyclic amines) is 1. The van der Waals surface area contributed by atoms with Gasteiger partial charge in [0.2, 0.25) is 5.13 Å². The van der Waals surface area contributed by atoms with Gasteiger partial charge in [-0.15, -0.1) is 0 Å². The Morgan fingerprint density at radius 3 is 2.68 bits per heavy atom. The molecule has 4 nitrogen and oxygen atoms in total. The molecule has 1 heterocycles. The molecule has 0 aromatic carbocycles. The van der Waals surface area contributed by atoms with Crippen molar-refractivity contribution >= 4 is 17.6 Å². The number of aliphatic carboxylic acids is 1. The quantitative estimate of drug-likeness (QED) is 0.750. The van der Waals surface area contributed by atoms with Crippen molar-refractivity contribution in [3.8, 4) is 6.07 Å². The zero-order valence-electron chi connectivity index (χ0n) is 14.5. The molecule has 1 saturated carbocycles. The molecule has 0 spiro atoms. The fourth-order valence-electron chi connectivity index (χ4n) is 4.42. The standard InChI is InChI=1S/C19H24ClFN2O2/c1-18(2,13-6-7-13)10-15-12(11-22)9-14(17(24)25)23(15)16-5-3-4-8-19(16,20)21/h3-5,8,12-16H,6-7,9-10H2,1-2H3,(H,24,25). The minimum Gasteiger partial charge on any atom is -0.480 e. The number of hydrogen-bond donors (Lipinski definition) is 1. The molecule has 1 N–H and O–H groups in total. The van der Waals surface area contributed by atoms with Crippen LogP contribution in [-0.2, 0) is 4.79 Å². The largest absolute Gasteiger partial charge is 0.480 e. The minimum absolute atomic E-state index is 0.00901. The number of alkyl halides is 2. The van der Waals surface area contributed by atoms with E-state index in [1.807, 2.05) is 0 Å². The summed E-state index contributed by atoms with van der Waals surface area (Å²) in [7, 11) is 0. The van der Waals surface area contributed by atoms with Crippen LogP contribution in [0.25, 0.3) is 0 Å². The second-order valence-corrected chi connectivity index (χ2v) is 8.75. The van der Waals surface area contributed by atoms with E-state index in [1.165, 1.54) is 12.2 Å². The van der Waals surface area contributed by atoms with Crippen molar-refractivity contribution in [2.24, 2.45) is 17.3 Å². The van der Waals surface area contributed by atoms with Gasteiger partial charge in [0.1, 0.15) is 6.04 Å². The second kappa shape index (κ2) is 6.41. The van der Waals surface area contributed by atoms with Gasteiger partial charge in [0, 0.05) is 6.04 Å². The van der Waals surface area contributed by atoms with Crippen molar-refractivity contribution in [2.75, 3.05) is 0 Å². The highest BCUT2D eigenvalue weighted by atomic mass is 35.5. The molecule has 3 aliphatic rings. The lowest BCUT2D eigenvalue weighted by Crippen LogP contribution is -2.55. The molecule has 3 rings (SSSR count). The van der Waals surface area contributed by atoms with Crippen LogP contribution in [0.15, 0.2) is 24.3 Å². The van der Waals surface area contributed by atoms with Crippen LogP contribution in [0, 0.1) is 28.6 Å². The maximum absolute atomic E-state index is 14.9. The summed E-state index contributed by atoms with van der Waals surface area (Å²) >= 11 is 6.07. The van der Waals surface area contributed by atoms with Crippen LogP contribution in [0.2, 0.25) is 0 Å². The maximum Gasteiger partial charge on any atom is 0.320 e. The van der Waals surface area contributed by atoms with Crippen LogP contribution >= 0.6 is 11.6 Å². The van der Waals surface area contributed by atoms with Crippen LogP contribution < -0.4 is 0 Å². The molecule has 5 unspecified atom stereocenters. The van der Waals surface area contributed by atoms with Gasteiger partial charge in [-0.3, -0.25) is 9.69 Å². The third kappa shape index (κ3) is 3.47. The fourth-order valence-corrected chi connectivity index (χ4v) is 4.68. The summed E-state index contributed by atoms with van der Waals surface area (Å²) in [6.45, 7) is 4.32. The van der Waals surface area contributed by atoms with Crippen molar-refractivity contribution in [1.82, 2.24) is 4.90 Å². The summed E-state index contributed by atoms with van der Waals surface area (Å²) in [5, 5.41) is 17.1. The van der Waals surface area contributed by atoms with E-state index < -0.39 is 29.1 Å². The van der Waals surface area contributed by atoms with E-state index in [2.05, 4.69) is 19.9 Å². The summed E-state index contributed by atoms with van der Waals surface area (Å²) in [6, 6.07) is 0.149. The van der Waals surface area contributed by atoms with Crippen LogP contribution in [0.3, 0.4) is 0 Å². The Morgan fingerprint density at radius 1 is 1.48 bits per heavy atom. The van der Waals surface area contributed by atoms with Crippen molar-refractivity contribution < 1.29 is 14.3 Å². The van der Waals surface area contributed by atoms with E-state index in [0.29, 0.717) is 12.3 Å². The molecule has 1 aliphatic heterocycles. The maximum atomic E-state index is 14.9. The van der Waals surface area contributed by atoms with Gasteiger partial charge < -0.3 is 5.11 Å². The van der Waals surface area contributed by atoms with Gasteiger partial charge >= 0.3 is 5.97 Å². The van der Waals surface area contributed by atoms with E-state index in [4.69, 9.17) is 11.6 Å². The normalized spacial score (nSPS) is 38.7. The second-order valence-electron chi connectivity index (χ2n) is 8.17. The van der Waals surface area contributed by atoms with Gasteiger partial charge in [-0.05, 0) is 43.1 Å². The number of nitrogens with zero attached hydrogens (tertiary/aromatic N) is 2. The van der Waals surface area contributed by atoms with Gasteiger partial charge in [-0.2, -0.15) is 5.26 Å². The molecular weight excluding hydrogens is 343 g/mol. The first-order valence-corrected chi connectivity index (χ1v) is 9.19. The summed E-state index contributed by atoms with van der Waals surface area (Å²) in [5.41, 5.74) is -0.00901. The third-order valence-electron chi connectivity index (χ3n) is 5.99. The SMILES string of the molecule is CC(C)(CC1C(C#N)CC(C(=O)O)N1C1C=CC=CC1(F)Cl)C1CC1. The van der Waals surface area contributed by atoms with Crippen molar-refractivity contribution in [3.63, 3.8) is 0 Å². The predicted molar refractivity (Wildman–Crippen MR) is 93.7 cm³/mol. The lowest BCUT2D eigenvalue weighted by atomic mass is 9.78. The number of halogens is 2. The van der Waals surface area contributed by atoms with E-state index in [1.54, 1.807) is 17.1 Å². The molecule has 0 radical (unpaired) electrons. The Balaban J connectivity index is 1.96. The van der Waals surface area contributed by atoms with E-state index in [9.17, 15) is 19.6 Å². The molecule has 25 heavy (non-hydrogen) atoms. The minimum atomic E-state index is -2.17. The number of allylic oxidation sites excluding steroid dienone is 2. The van der Waals surface area contributed by atoms with Gasteiger partial charge in [-0.25, -0.2) is 4.39 Å². The molecule has 1 saturated heterocycles. The first-order chi connectivity index (χ1) is 11.7. The molecule has 6 heteroatoms. The van der Waals surface area contributed by atoms with Gasteiger partial charge in [0.15, 0.2) is 0 Å². The number of nitriles is 1. The number of hydrogen-bond acceptors (Lipinski definition) is 3. The Hall–Kier alpha value is -1.38. The molecule has 2 fully saturated rings. The summed E-state index contributed by atoms with van der Waals surface area (Å²) in [4.78, 5) is 13.5. The van der Waals surface area contributed by atoms with E-state index >= 15 is 0 Å². The van der Waals surface area contributed by atoms with Crippen molar-refractivity contribution in [2.45, 2.75) is 62.8 Å². The molecule has 0 aromatic heterocycles. The van der Waals surface area contributed by atoms with Crippen LogP contribution in [0.4, 0.5) is 4.39 Å². The number of carboxylic acid groups (broad SMARTS) is 1.